The highest BCUT2D eigenvalue weighted by atomic mass is 35.5. The van der Waals surface area contributed by atoms with Gasteiger partial charge in [0.25, 0.3) is 0 Å². The molecule has 0 amide bonds. The van der Waals surface area contributed by atoms with E-state index >= 15 is 0 Å². The lowest BCUT2D eigenvalue weighted by atomic mass is 10.1. The van der Waals surface area contributed by atoms with E-state index in [1.807, 2.05) is 0 Å². The standard InChI is InChI=1S/C14H22N2.ClH/c1-11(2)9-16(3)10-13-6-4-5-12-7-8-15-14(12)13;/h4-6,11,15H,7-10H2,1-3H3;1H. The number of rotatable bonds is 4. The Balaban J connectivity index is 0.00000144. The average Bonchev–Trinajstić information content (AvgIpc) is 2.65. The Hall–Kier alpha value is -0.730. The van der Waals surface area contributed by atoms with Crippen LogP contribution in [-0.4, -0.2) is 25.0 Å². The molecule has 0 spiro atoms. The lowest BCUT2D eigenvalue weighted by molar-refractivity contribution is 0.289. The van der Waals surface area contributed by atoms with Gasteiger partial charge >= 0.3 is 0 Å². The van der Waals surface area contributed by atoms with Gasteiger partial charge in [0.2, 0.25) is 0 Å². The first-order valence-electron chi connectivity index (χ1n) is 6.20. The van der Waals surface area contributed by atoms with E-state index in [0.29, 0.717) is 0 Å². The number of anilines is 1. The second-order valence-corrected chi connectivity index (χ2v) is 5.22. The number of nitrogens with one attached hydrogen (secondary N) is 1. The molecule has 1 aliphatic heterocycles. The van der Waals surface area contributed by atoms with Crippen molar-refractivity contribution in [3.05, 3.63) is 29.3 Å². The van der Waals surface area contributed by atoms with E-state index in [9.17, 15) is 0 Å². The summed E-state index contributed by atoms with van der Waals surface area (Å²) in [6.45, 7) is 7.84. The van der Waals surface area contributed by atoms with Crippen LogP contribution in [0.2, 0.25) is 0 Å². The molecule has 0 radical (unpaired) electrons. The molecule has 17 heavy (non-hydrogen) atoms. The van der Waals surface area contributed by atoms with Crippen LogP contribution in [0.4, 0.5) is 5.69 Å². The molecule has 0 aliphatic carbocycles. The highest BCUT2D eigenvalue weighted by Gasteiger charge is 2.14. The van der Waals surface area contributed by atoms with Crippen LogP contribution >= 0.6 is 12.4 Å². The summed E-state index contributed by atoms with van der Waals surface area (Å²) in [6, 6.07) is 6.67. The number of halogens is 1. The van der Waals surface area contributed by atoms with E-state index in [1.54, 1.807) is 0 Å². The van der Waals surface area contributed by atoms with Crippen molar-refractivity contribution in [2.24, 2.45) is 5.92 Å². The summed E-state index contributed by atoms with van der Waals surface area (Å²) in [5.74, 6) is 0.731. The molecule has 0 atom stereocenters. The van der Waals surface area contributed by atoms with Gasteiger partial charge in [-0.05, 0) is 30.5 Å². The number of hydrogen-bond acceptors (Lipinski definition) is 2. The van der Waals surface area contributed by atoms with Crippen molar-refractivity contribution in [1.82, 2.24) is 4.90 Å². The molecular weight excluding hydrogens is 232 g/mol. The third-order valence-electron chi connectivity index (χ3n) is 3.05. The van der Waals surface area contributed by atoms with Gasteiger partial charge in [-0.2, -0.15) is 0 Å². The minimum absolute atomic E-state index is 0. The van der Waals surface area contributed by atoms with Crippen molar-refractivity contribution in [3.63, 3.8) is 0 Å². The maximum atomic E-state index is 3.50. The zero-order chi connectivity index (χ0) is 11.5. The summed E-state index contributed by atoms with van der Waals surface area (Å²) >= 11 is 0. The maximum Gasteiger partial charge on any atom is 0.0419 e. The van der Waals surface area contributed by atoms with E-state index in [0.717, 1.165) is 25.6 Å². The van der Waals surface area contributed by atoms with E-state index in [-0.39, 0.29) is 12.4 Å². The molecule has 2 rings (SSSR count). The van der Waals surface area contributed by atoms with Gasteiger partial charge in [-0.15, -0.1) is 12.4 Å². The summed E-state index contributed by atoms with van der Waals surface area (Å²) < 4.78 is 0. The summed E-state index contributed by atoms with van der Waals surface area (Å²) in [5, 5.41) is 3.50. The Kier molecular flexibility index (Phi) is 5.29. The van der Waals surface area contributed by atoms with Gasteiger partial charge in [0.15, 0.2) is 0 Å². The fourth-order valence-electron chi connectivity index (χ4n) is 2.52. The zero-order valence-corrected chi connectivity index (χ0v) is 11.8. The SMILES string of the molecule is CC(C)CN(C)Cc1cccc2c1NCC2.Cl. The van der Waals surface area contributed by atoms with Crippen molar-refractivity contribution in [2.45, 2.75) is 26.8 Å². The molecule has 0 saturated heterocycles. The lowest BCUT2D eigenvalue weighted by Crippen LogP contribution is -2.23. The highest BCUT2D eigenvalue weighted by molar-refractivity contribution is 5.85. The third kappa shape index (κ3) is 3.62. The zero-order valence-electron chi connectivity index (χ0n) is 11.0. The van der Waals surface area contributed by atoms with Crippen LogP contribution < -0.4 is 5.32 Å². The minimum atomic E-state index is 0. The molecule has 1 N–H and O–H groups in total. The number of benzene rings is 1. The molecule has 0 bridgehead atoms. The van der Waals surface area contributed by atoms with Crippen molar-refractivity contribution in [1.29, 1.82) is 0 Å². The Bertz CT molecular complexity index is 363. The number of fused-ring (bicyclic) bond motifs is 1. The quantitative estimate of drug-likeness (QED) is 0.888. The Labute approximate surface area is 111 Å². The lowest BCUT2D eigenvalue weighted by Gasteiger charge is -2.20. The fraction of sp³-hybridized carbons (Fsp3) is 0.571. The predicted octanol–water partition coefficient (Wildman–Crippen LogP) is 3.16. The van der Waals surface area contributed by atoms with Gasteiger partial charge in [-0.1, -0.05) is 32.0 Å². The number of nitrogens with zero attached hydrogens (tertiary/aromatic N) is 1. The van der Waals surface area contributed by atoms with Gasteiger partial charge < -0.3 is 10.2 Å². The smallest absolute Gasteiger partial charge is 0.0419 e. The van der Waals surface area contributed by atoms with Crippen LogP contribution in [0.3, 0.4) is 0 Å². The van der Waals surface area contributed by atoms with Crippen LogP contribution in [0.15, 0.2) is 18.2 Å². The first kappa shape index (κ1) is 14.3. The average molecular weight is 255 g/mol. The van der Waals surface area contributed by atoms with Crippen molar-refractivity contribution < 1.29 is 0 Å². The molecule has 1 heterocycles. The largest absolute Gasteiger partial charge is 0.384 e. The molecule has 2 nitrogen and oxygen atoms in total. The normalized spacial score (nSPS) is 13.5. The Morgan fingerprint density at radius 2 is 2.12 bits per heavy atom. The predicted molar refractivity (Wildman–Crippen MR) is 77.1 cm³/mol. The van der Waals surface area contributed by atoms with Crippen LogP contribution in [0.25, 0.3) is 0 Å². The van der Waals surface area contributed by atoms with Gasteiger partial charge in [-0.3, -0.25) is 0 Å². The molecule has 1 aromatic rings. The summed E-state index contributed by atoms with van der Waals surface area (Å²) in [5.41, 5.74) is 4.31. The Morgan fingerprint density at radius 1 is 1.35 bits per heavy atom. The molecular formula is C14H23ClN2. The van der Waals surface area contributed by atoms with Gasteiger partial charge in [0, 0.05) is 25.3 Å². The minimum Gasteiger partial charge on any atom is -0.384 e. The van der Waals surface area contributed by atoms with Crippen molar-refractivity contribution >= 4 is 18.1 Å². The van der Waals surface area contributed by atoms with E-state index in [2.05, 4.69) is 49.3 Å². The van der Waals surface area contributed by atoms with Gasteiger partial charge in [0.05, 0.1) is 0 Å². The summed E-state index contributed by atoms with van der Waals surface area (Å²) in [4.78, 5) is 2.40. The second kappa shape index (κ2) is 6.27. The topological polar surface area (TPSA) is 15.3 Å². The van der Waals surface area contributed by atoms with E-state index < -0.39 is 0 Å². The highest BCUT2D eigenvalue weighted by Crippen LogP contribution is 2.27. The maximum absolute atomic E-state index is 3.50. The molecule has 1 aliphatic rings. The van der Waals surface area contributed by atoms with E-state index in [4.69, 9.17) is 0 Å². The summed E-state index contributed by atoms with van der Waals surface area (Å²) in [6.07, 6.45) is 1.18. The summed E-state index contributed by atoms with van der Waals surface area (Å²) in [7, 11) is 2.20. The van der Waals surface area contributed by atoms with Crippen LogP contribution in [0, 0.1) is 5.92 Å². The first-order valence-corrected chi connectivity index (χ1v) is 6.20. The van der Waals surface area contributed by atoms with Crippen LogP contribution in [-0.2, 0) is 13.0 Å². The van der Waals surface area contributed by atoms with Gasteiger partial charge in [0.1, 0.15) is 0 Å². The number of para-hydroxylation sites is 1. The second-order valence-electron chi connectivity index (χ2n) is 5.22. The molecule has 0 unspecified atom stereocenters. The van der Waals surface area contributed by atoms with Crippen molar-refractivity contribution in [2.75, 3.05) is 25.5 Å². The first-order chi connectivity index (χ1) is 7.66. The van der Waals surface area contributed by atoms with Gasteiger partial charge in [-0.25, -0.2) is 0 Å². The molecule has 0 fully saturated rings. The fourth-order valence-corrected chi connectivity index (χ4v) is 2.52. The Morgan fingerprint density at radius 3 is 2.82 bits per heavy atom. The van der Waals surface area contributed by atoms with Crippen molar-refractivity contribution in [3.8, 4) is 0 Å². The molecule has 96 valence electrons. The van der Waals surface area contributed by atoms with Crippen LogP contribution in [0.5, 0.6) is 0 Å². The monoisotopic (exact) mass is 254 g/mol. The third-order valence-corrected chi connectivity index (χ3v) is 3.05. The molecule has 3 heteroatoms. The molecule has 0 saturated carbocycles. The molecule has 0 aromatic heterocycles. The van der Waals surface area contributed by atoms with E-state index in [1.165, 1.54) is 23.2 Å². The molecule has 1 aromatic carbocycles. The van der Waals surface area contributed by atoms with Crippen LogP contribution in [0.1, 0.15) is 25.0 Å². The number of hydrogen-bond donors (Lipinski definition) is 1.